The summed E-state index contributed by atoms with van der Waals surface area (Å²) >= 11 is 0. The van der Waals surface area contributed by atoms with Crippen LogP contribution >= 0.6 is 7.80 Å². The Morgan fingerprint density at radius 2 is 1.42 bits per heavy atom. The van der Waals surface area contributed by atoms with E-state index in [1.165, 1.54) is 20.3 Å². The standard InChI is InChI=1S/C25H25O5P/c1-15-13-16(2)21(17(3)14-15)25(27)31(28)20-12-11-19(29-4)22(24(20)30-5)23(26)18-9-7-6-8-10-18/h6-14,31H,1-5H3. The molecule has 3 rings (SSSR count). The number of hydrogen-bond acceptors (Lipinski definition) is 5. The number of benzene rings is 3. The molecule has 31 heavy (non-hydrogen) atoms. The summed E-state index contributed by atoms with van der Waals surface area (Å²) < 4.78 is 24.3. The molecule has 0 fully saturated rings. The van der Waals surface area contributed by atoms with Crippen molar-refractivity contribution in [1.29, 1.82) is 0 Å². The van der Waals surface area contributed by atoms with Gasteiger partial charge in [0, 0.05) is 11.1 Å². The van der Waals surface area contributed by atoms with Gasteiger partial charge in [-0.2, -0.15) is 0 Å². The van der Waals surface area contributed by atoms with Crippen LogP contribution in [0.2, 0.25) is 0 Å². The van der Waals surface area contributed by atoms with Crippen LogP contribution < -0.4 is 14.8 Å². The third-order valence-corrected chi connectivity index (χ3v) is 6.71. The van der Waals surface area contributed by atoms with Gasteiger partial charge < -0.3 is 14.0 Å². The number of methoxy groups -OCH3 is 2. The number of carbonyl (C=O) groups excluding carboxylic acids is 2. The number of rotatable bonds is 7. The molecule has 160 valence electrons. The second-order valence-corrected chi connectivity index (χ2v) is 9.00. The number of ketones is 1. The van der Waals surface area contributed by atoms with Gasteiger partial charge in [0.15, 0.2) is 7.80 Å². The minimum absolute atomic E-state index is 0.104. The lowest BCUT2D eigenvalue weighted by Crippen LogP contribution is -2.15. The highest BCUT2D eigenvalue weighted by Gasteiger charge is 2.29. The molecule has 0 saturated heterocycles. The monoisotopic (exact) mass is 436 g/mol. The van der Waals surface area contributed by atoms with Crippen molar-refractivity contribution in [2.45, 2.75) is 20.8 Å². The molecule has 1 unspecified atom stereocenters. The lowest BCUT2D eigenvalue weighted by atomic mass is 10.0. The fourth-order valence-electron chi connectivity index (χ4n) is 3.85. The highest BCUT2D eigenvalue weighted by molar-refractivity contribution is 7.71. The summed E-state index contributed by atoms with van der Waals surface area (Å²) in [6, 6.07) is 15.6. The van der Waals surface area contributed by atoms with Crippen LogP contribution in [0.3, 0.4) is 0 Å². The van der Waals surface area contributed by atoms with E-state index in [1.54, 1.807) is 30.3 Å². The molecule has 0 heterocycles. The van der Waals surface area contributed by atoms with E-state index in [4.69, 9.17) is 9.47 Å². The summed E-state index contributed by atoms with van der Waals surface area (Å²) in [5, 5.41) is 0.206. The van der Waals surface area contributed by atoms with Gasteiger partial charge in [-0.1, -0.05) is 48.0 Å². The van der Waals surface area contributed by atoms with Crippen LogP contribution in [0.1, 0.15) is 43.0 Å². The van der Waals surface area contributed by atoms with Crippen molar-refractivity contribution >= 4 is 24.4 Å². The van der Waals surface area contributed by atoms with E-state index in [0.29, 0.717) is 16.9 Å². The van der Waals surface area contributed by atoms with Crippen LogP contribution in [0.25, 0.3) is 0 Å². The first-order valence-electron chi connectivity index (χ1n) is 9.81. The average Bonchev–Trinajstić information content (AvgIpc) is 2.76. The number of carbonyl (C=O) groups is 2. The Hall–Kier alpha value is -3.17. The first kappa shape index (κ1) is 22.5. The molecule has 1 atom stereocenters. The third kappa shape index (κ3) is 4.33. The quantitative estimate of drug-likeness (QED) is 0.390. The first-order valence-corrected chi connectivity index (χ1v) is 11.2. The van der Waals surface area contributed by atoms with Gasteiger partial charge in [0.05, 0.1) is 19.5 Å². The average molecular weight is 436 g/mol. The summed E-state index contributed by atoms with van der Waals surface area (Å²) in [5.74, 6) is 0.0633. The summed E-state index contributed by atoms with van der Waals surface area (Å²) in [6.07, 6.45) is 0. The smallest absolute Gasteiger partial charge is 0.223 e. The zero-order valence-corrected chi connectivity index (χ0v) is 19.2. The molecule has 3 aromatic carbocycles. The van der Waals surface area contributed by atoms with Crippen LogP contribution in [-0.4, -0.2) is 25.5 Å². The van der Waals surface area contributed by atoms with E-state index in [2.05, 4.69) is 0 Å². The third-order valence-electron chi connectivity index (χ3n) is 5.16. The molecule has 0 aliphatic rings. The van der Waals surface area contributed by atoms with E-state index in [-0.39, 0.29) is 22.4 Å². The predicted octanol–water partition coefficient (Wildman–Crippen LogP) is 4.89. The highest BCUT2D eigenvalue weighted by Crippen LogP contribution is 2.38. The SMILES string of the molecule is COc1ccc([PH](=O)C(=O)c2c(C)cc(C)cc2C)c(OC)c1C(=O)c1ccccc1. The molecule has 0 bridgehead atoms. The topological polar surface area (TPSA) is 69.7 Å². The molecule has 3 aromatic rings. The molecule has 0 aromatic heterocycles. The highest BCUT2D eigenvalue weighted by atomic mass is 31.1. The van der Waals surface area contributed by atoms with Crippen molar-refractivity contribution < 1.29 is 23.6 Å². The molecule has 0 amide bonds. The maximum atomic E-state index is 13.4. The minimum Gasteiger partial charge on any atom is -0.496 e. The van der Waals surface area contributed by atoms with E-state index in [0.717, 1.165) is 16.7 Å². The molecule has 0 saturated carbocycles. The Bertz CT molecular complexity index is 1160. The Labute approximate surface area is 182 Å². The number of aryl methyl sites for hydroxylation is 3. The Balaban J connectivity index is 2.15. The lowest BCUT2D eigenvalue weighted by molar-refractivity contribution is 0.103. The Kier molecular flexibility index (Phi) is 6.77. The van der Waals surface area contributed by atoms with Crippen molar-refractivity contribution in [2.75, 3.05) is 14.2 Å². The van der Waals surface area contributed by atoms with Crippen molar-refractivity contribution in [3.63, 3.8) is 0 Å². The molecule has 0 N–H and O–H groups in total. The maximum Gasteiger partial charge on any atom is 0.223 e. The van der Waals surface area contributed by atoms with Crippen molar-refractivity contribution in [3.8, 4) is 11.5 Å². The summed E-state index contributed by atoms with van der Waals surface area (Å²) in [4.78, 5) is 26.5. The van der Waals surface area contributed by atoms with Gasteiger partial charge in [0.1, 0.15) is 17.1 Å². The summed E-state index contributed by atoms with van der Waals surface area (Å²) in [6.45, 7) is 5.61. The van der Waals surface area contributed by atoms with Gasteiger partial charge in [-0.3, -0.25) is 9.59 Å². The molecule has 0 spiro atoms. The Morgan fingerprint density at radius 1 is 0.806 bits per heavy atom. The van der Waals surface area contributed by atoms with Crippen molar-refractivity contribution in [1.82, 2.24) is 0 Å². The van der Waals surface area contributed by atoms with Crippen LogP contribution in [0.5, 0.6) is 11.5 Å². The van der Waals surface area contributed by atoms with Gasteiger partial charge in [-0.15, -0.1) is 0 Å². The molecule has 0 aliphatic heterocycles. The van der Waals surface area contributed by atoms with Crippen LogP contribution in [-0.2, 0) is 4.57 Å². The number of hydrogen-bond donors (Lipinski definition) is 0. The largest absolute Gasteiger partial charge is 0.496 e. The van der Waals surface area contributed by atoms with Gasteiger partial charge in [0.25, 0.3) is 0 Å². The van der Waals surface area contributed by atoms with Gasteiger partial charge in [-0.05, 0) is 44.0 Å². The molecule has 6 heteroatoms. The van der Waals surface area contributed by atoms with Crippen LogP contribution in [0.4, 0.5) is 0 Å². The van der Waals surface area contributed by atoms with Gasteiger partial charge in [0.2, 0.25) is 11.3 Å². The summed E-state index contributed by atoms with van der Waals surface area (Å²) in [5.41, 5.74) is 3.15. The molecular formula is C25H25O5P. The van der Waals surface area contributed by atoms with Crippen LogP contribution in [0, 0.1) is 20.8 Å². The normalized spacial score (nSPS) is 11.6. The summed E-state index contributed by atoms with van der Waals surface area (Å²) in [7, 11) is -0.140. The fraction of sp³-hybridized carbons (Fsp3) is 0.200. The molecule has 0 aliphatic carbocycles. The zero-order chi connectivity index (χ0) is 22.7. The van der Waals surface area contributed by atoms with Gasteiger partial charge >= 0.3 is 0 Å². The first-order chi connectivity index (χ1) is 14.8. The van der Waals surface area contributed by atoms with E-state index >= 15 is 0 Å². The fourth-order valence-corrected chi connectivity index (χ4v) is 5.38. The maximum absolute atomic E-state index is 13.4. The molecule has 0 radical (unpaired) electrons. The predicted molar refractivity (Wildman–Crippen MR) is 123 cm³/mol. The molecule has 5 nitrogen and oxygen atoms in total. The molecular weight excluding hydrogens is 411 g/mol. The minimum atomic E-state index is -2.98. The number of ether oxygens (including phenoxy) is 2. The van der Waals surface area contributed by atoms with E-state index < -0.39 is 13.3 Å². The van der Waals surface area contributed by atoms with Crippen LogP contribution in [0.15, 0.2) is 54.6 Å². The second kappa shape index (κ2) is 9.32. The van der Waals surface area contributed by atoms with Gasteiger partial charge in [-0.25, -0.2) is 0 Å². The van der Waals surface area contributed by atoms with E-state index in [9.17, 15) is 14.2 Å². The van der Waals surface area contributed by atoms with Crippen molar-refractivity contribution in [2.24, 2.45) is 0 Å². The zero-order valence-electron chi connectivity index (χ0n) is 18.2. The van der Waals surface area contributed by atoms with Crippen molar-refractivity contribution in [3.05, 3.63) is 88.0 Å². The Morgan fingerprint density at radius 3 is 1.97 bits per heavy atom. The second-order valence-electron chi connectivity index (χ2n) is 7.35. The van der Waals surface area contributed by atoms with E-state index in [1.807, 2.05) is 39.0 Å². The lowest BCUT2D eigenvalue weighted by Gasteiger charge is -2.17.